The quantitative estimate of drug-likeness (QED) is 0.900. The second-order valence-electron chi connectivity index (χ2n) is 5.10. The average molecular weight is 273 g/mol. The van der Waals surface area contributed by atoms with Gasteiger partial charge in [-0.1, -0.05) is 37.3 Å². The first-order valence-corrected chi connectivity index (χ1v) is 6.78. The number of benzene rings is 2. The van der Waals surface area contributed by atoms with Crippen LogP contribution < -0.4 is 10.5 Å². The molecule has 0 radical (unpaired) electrons. The Morgan fingerprint density at radius 2 is 1.85 bits per heavy atom. The van der Waals surface area contributed by atoms with Gasteiger partial charge in [0.15, 0.2) is 11.6 Å². The van der Waals surface area contributed by atoms with Crippen LogP contribution in [0, 0.1) is 12.7 Å². The smallest absolute Gasteiger partial charge is 0.165 e. The Bertz CT molecular complexity index is 566. The van der Waals surface area contributed by atoms with Crippen LogP contribution in [0.3, 0.4) is 0 Å². The first-order chi connectivity index (χ1) is 9.60. The third-order valence-corrected chi connectivity index (χ3v) is 3.38. The molecule has 2 aromatic carbocycles. The van der Waals surface area contributed by atoms with Crippen LogP contribution in [-0.2, 0) is 6.61 Å². The summed E-state index contributed by atoms with van der Waals surface area (Å²) in [5.41, 5.74) is 8.84. The summed E-state index contributed by atoms with van der Waals surface area (Å²) >= 11 is 0. The third kappa shape index (κ3) is 3.58. The minimum atomic E-state index is -0.330. The van der Waals surface area contributed by atoms with Crippen molar-refractivity contribution in [1.29, 1.82) is 0 Å². The zero-order chi connectivity index (χ0) is 14.5. The number of hydrogen-bond acceptors (Lipinski definition) is 2. The molecule has 1 atom stereocenters. The number of aryl methyl sites for hydroxylation is 1. The number of hydrogen-bond donors (Lipinski definition) is 1. The van der Waals surface area contributed by atoms with E-state index in [1.165, 1.54) is 11.6 Å². The summed E-state index contributed by atoms with van der Waals surface area (Å²) in [6.45, 7) is 4.99. The predicted molar refractivity (Wildman–Crippen MR) is 79.4 cm³/mol. The molecule has 3 heteroatoms. The lowest BCUT2D eigenvalue weighted by molar-refractivity contribution is 0.290. The molecule has 0 bridgehead atoms. The van der Waals surface area contributed by atoms with Crippen molar-refractivity contribution in [1.82, 2.24) is 0 Å². The normalized spacial score (nSPS) is 12.2. The molecule has 0 saturated heterocycles. The first-order valence-electron chi connectivity index (χ1n) is 6.78. The lowest BCUT2D eigenvalue weighted by atomic mass is 10.0. The highest BCUT2D eigenvalue weighted by Gasteiger charge is 2.05. The van der Waals surface area contributed by atoms with E-state index in [-0.39, 0.29) is 5.82 Å². The fourth-order valence-electron chi connectivity index (χ4n) is 1.96. The summed E-state index contributed by atoms with van der Waals surface area (Å²) < 4.78 is 19.1. The molecule has 2 N–H and O–H groups in total. The molecular weight excluding hydrogens is 253 g/mol. The van der Waals surface area contributed by atoms with E-state index in [9.17, 15) is 4.39 Å². The van der Waals surface area contributed by atoms with Crippen LogP contribution in [0.2, 0.25) is 0 Å². The summed E-state index contributed by atoms with van der Waals surface area (Å²) in [6.07, 6.45) is 0. The van der Waals surface area contributed by atoms with Crippen molar-refractivity contribution in [3.63, 3.8) is 0 Å². The molecule has 2 nitrogen and oxygen atoms in total. The Morgan fingerprint density at radius 3 is 2.50 bits per heavy atom. The van der Waals surface area contributed by atoms with Gasteiger partial charge in [-0.05, 0) is 48.2 Å². The van der Waals surface area contributed by atoms with E-state index < -0.39 is 0 Å². The van der Waals surface area contributed by atoms with Gasteiger partial charge in [-0.25, -0.2) is 4.39 Å². The summed E-state index contributed by atoms with van der Waals surface area (Å²) in [7, 11) is 0. The molecule has 0 aliphatic rings. The molecule has 0 amide bonds. The van der Waals surface area contributed by atoms with Gasteiger partial charge in [0, 0.05) is 0 Å². The average Bonchev–Trinajstić information content (AvgIpc) is 2.48. The van der Waals surface area contributed by atoms with Gasteiger partial charge in [0.25, 0.3) is 0 Å². The van der Waals surface area contributed by atoms with Gasteiger partial charge in [0.1, 0.15) is 6.61 Å². The van der Waals surface area contributed by atoms with Gasteiger partial charge >= 0.3 is 0 Å². The lowest BCUT2D eigenvalue weighted by Crippen LogP contribution is -2.08. The van der Waals surface area contributed by atoms with Crippen molar-refractivity contribution in [3.8, 4) is 5.75 Å². The fraction of sp³-hybridized carbons (Fsp3) is 0.294. The van der Waals surface area contributed by atoms with Crippen molar-refractivity contribution in [2.24, 2.45) is 5.73 Å². The second-order valence-corrected chi connectivity index (χ2v) is 5.10. The van der Waals surface area contributed by atoms with Crippen molar-refractivity contribution < 1.29 is 9.13 Å². The summed E-state index contributed by atoms with van der Waals surface area (Å²) in [6, 6.07) is 12.9. The van der Waals surface area contributed by atoms with E-state index >= 15 is 0 Å². The molecule has 0 heterocycles. The minimum absolute atomic E-state index is 0.296. The second kappa shape index (κ2) is 6.53. The summed E-state index contributed by atoms with van der Waals surface area (Å²) in [4.78, 5) is 0. The molecule has 0 fully saturated rings. The topological polar surface area (TPSA) is 35.2 Å². The monoisotopic (exact) mass is 273 g/mol. The van der Waals surface area contributed by atoms with Gasteiger partial charge in [-0.3, -0.25) is 0 Å². The van der Waals surface area contributed by atoms with Crippen molar-refractivity contribution in [3.05, 3.63) is 65.0 Å². The molecule has 20 heavy (non-hydrogen) atoms. The molecule has 0 aliphatic carbocycles. The predicted octanol–water partition coefficient (Wildman–Crippen LogP) is 3.78. The van der Waals surface area contributed by atoms with Crippen LogP contribution in [0.5, 0.6) is 5.75 Å². The maximum absolute atomic E-state index is 13.5. The maximum Gasteiger partial charge on any atom is 0.165 e. The Hall–Kier alpha value is -1.87. The van der Waals surface area contributed by atoms with E-state index in [0.717, 1.165) is 11.1 Å². The molecule has 0 saturated carbocycles. The zero-order valence-electron chi connectivity index (χ0n) is 11.9. The molecule has 2 aromatic rings. The van der Waals surface area contributed by atoms with Crippen molar-refractivity contribution in [2.45, 2.75) is 26.4 Å². The Kier molecular flexibility index (Phi) is 4.74. The standard InChI is InChI=1S/C17H20FNO/c1-12-3-8-16(18)17(9-12)20-11-14-4-6-15(7-5-14)13(2)10-19/h3-9,13H,10-11,19H2,1-2H3. The van der Waals surface area contributed by atoms with Crippen LogP contribution in [0.4, 0.5) is 4.39 Å². The van der Waals surface area contributed by atoms with Crippen LogP contribution >= 0.6 is 0 Å². The Labute approximate surface area is 119 Å². The van der Waals surface area contributed by atoms with Crippen LogP contribution in [0.1, 0.15) is 29.5 Å². The summed E-state index contributed by atoms with van der Waals surface area (Å²) in [5.74, 6) is 0.313. The van der Waals surface area contributed by atoms with E-state index in [1.807, 2.05) is 31.2 Å². The minimum Gasteiger partial charge on any atom is -0.486 e. The van der Waals surface area contributed by atoms with Gasteiger partial charge in [0.05, 0.1) is 0 Å². The number of ether oxygens (including phenoxy) is 1. The number of nitrogens with two attached hydrogens (primary N) is 1. The molecular formula is C17H20FNO. The van der Waals surface area contributed by atoms with E-state index in [4.69, 9.17) is 10.5 Å². The molecule has 2 rings (SSSR count). The molecule has 106 valence electrons. The number of halogens is 1. The van der Waals surface area contributed by atoms with Gasteiger partial charge < -0.3 is 10.5 Å². The van der Waals surface area contributed by atoms with Crippen LogP contribution in [0.15, 0.2) is 42.5 Å². The highest BCUT2D eigenvalue weighted by Crippen LogP contribution is 2.20. The third-order valence-electron chi connectivity index (χ3n) is 3.38. The molecule has 0 spiro atoms. The Balaban J connectivity index is 2.02. The maximum atomic E-state index is 13.5. The van der Waals surface area contributed by atoms with E-state index in [1.54, 1.807) is 12.1 Å². The molecule has 0 aliphatic heterocycles. The van der Waals surface area contributed by atoms with Gasteiger partial charge in [-0.15, -0.1) is 0 Å². The van der Waals surface area contributed by atoms with Gasteiger partial charge in [0.2, 0.25) is 0 Å². The fourth-order valence-corrected chi connectivity index (χ4v) is 1.96. The summed E-state index contributed by atoms with van der Waals surface area (Å²) in [5, 5.41) is 0. The lowest BCUT2D eigenvalue weighted by Gasteiger charge is -2.11. The van der Waals surface area contributed by atoms with Crippen LogP contribution in [0.25, 0.3) is 0 Å². The highest BCUT2D eigenvalue weighted by molar-refractivity contribution is 5.30. The highest BCUT2D eigenvalue weighted by atomic mass is 19.1. The van der Waals surface area contributed by atoms with Gasteiger partial charge in [-0.2, -0.15) is 0 Å². The van der Waals surface area contributed by atoms with E-state index in [2.05, 4.69) is 6.92 Å². The number of rotatable bonds is 5. The van der Waals surface area contributed by atoms with Crippen molar-refractivity contribution >= 4 is 0 Å². The first kappa shape index (κ1) is 14.5. The molecule has 0 aromatic heterocycles. The Morgan fingerprint density at radius 1 is 1.15 bits per heavy atom. The van der Waals surface area contributed by atoms with E-state index in [0.29, 0.717) is 24.8 Å². The SMILES string of the molecule is Cc1ccc(F)c(OCc2ccc(C(C)CN)cc2)c1. The molecule has 1 unspecified atom stereocenters. The zero-order valence-corrected chi connectivity index (χ0v) is 11.9. The van der Waals surface area contributed by atoms with Crippen LogP contribution in [-0.4, -0.2) is 6.54 Å². The largest absolute Gasteiger partial charge is 0.486 e. The van der Waals surface area contributed by atoms with Crippen molar-refractivity contribution in [2.75, 3.05) is 6.54 Å².